The molecule has 0 unspecified atom stereocenters. The SMILES string of the molecule is Fc1cccc(CNC2CC2)c1OCCc1ccsc1. The van der Waals surface area contributed by atoms with Gasteiger partial charge in [0.25, 0.3) is 0 Å². The minimum atomic E-state index is -0.273. The van der Waals surface area contributed by atoms with Crippen LogP contribution in [-0.2, 0) is 13.0 Å². The van der Waals surface area contributed by atoms with Crippen LogP contribution in [0.25, 0.3) is 0 Å². The maximum absolute atomic E-state index is 13.9. The van der Waals surface area contributed by atoms with Crippen LogP contribution in [-0.4, -0.2) is 12.6 Å². The zero-order chi connectivity index (χ0) is 13.8. The number of hydrogen-bond acceptors (Lipinski definition) is 3. The second-order valence-electron chi connectivity index (χ2n) is 5.11. The number of benzene rings is 1. The second kappa shape index (κ2) is 6.37. The van der Waals surface area contributed by atoms with Gasteiger partial charge in [0.2, 0.25) is 0 Å². The molecule has 0 saturated heterocycles. The van der Waals surface area contributed by atoms with Gasteiger partial charge < -0.3 is 10.1 Å². The van der Waals surface area contributed by atoms with Gasteiger partial charge in [-0.1, -0.05) is 12.1 Å². The fourth-order valence-electron chi connectivity index (χ4n) is 2.10. The Kier molecular flexibility index (Phi) is 4.33. The summed E-state index contributed by atoms with van der Waals surface area (Å²) >= 11 is 1.67. The Morgan fingerprint density at radius 3 is 2.95 bits per heavy atom. The lowest BCUT2D eigenvalue weighted by molar-refractivity contribution is 0.301. The zero-order valence-corrected chi connectivity index (χ0v) is 12.1. The van der Waals surface area contributed by atoms with Crippen molar-refractivity contribution >= 4 is 11.3 Å². The molecule has 1 aromatic carbocycles. The van der Waals surface area contributed by atoms with E-state index in [-0.39, 0.29) is 5.82 Å². The van der Waals surface area contributed by atoms with Gasteiger partial charge in [-0.3, -0.25) is 0 Å². The smallest absolute Gasteiger partial charge is 0.165 e. The fourth-order valence-corrected chi connectivity index (χ4v) is 2.81. The lowest BCUT2D eigenvalue weighted by Gasteiger charge is -2.12. The Labute approximate surface area is 122 Å². The summed E-state index contributed by atoms with van der Waals surface area (Å²) < 4.78 is 19.6. The van der Waals surface area contributed by atoms with E-state index >= 15 is 0 Å². The Bertz CT molecular complexity index is 552. The van der Waals surface area contributed by atoms with Crippen molar-refractivity contribution in [2.45, 2.75) is 31.8 Å². The van der Waals surface area contributed by atoms with Gasteiger partial charge in [0.1, 0.15) is 0 Å². The molecule has 20 heavy (non-hydrogen) atoms. The van der Waals surface area contributed by atoms with Crippen molar-refractivity contribution in [2.24, 2.45) is 0 Å². The average molecular weight is 291 g/mol. The topological polar surface area (TPSA) is 21.3 Å². The zero-order valence-electron chi connectivity index (χ0n) is 11.3. The van der Waals surface area contributed by atoms with Gasteiger partial charge in [0.15, 0.2) is 11.6 Å². The average Bonchev–Trinajstić information content (AvgIpc) is 3.14. The van der Waals surface area contributed by atoms with E-state index in [2.05, 4.69) is 16.8 Å². The summed E-state index contributed by atoms with van der Waals surface area (Å²) in [7, 11) is 0. The number of halogens is 1. The van der Waals surface area contributed by atoms with Crippen molar-refractivity contribution < 1.29 is 9.13 Å². The van der Waals surface area contributed by atoms with Gasteiger partial charge in [-0.05, 0) is 41.3 Å². The van der Waals surface area contributed by atoms with Gasteiger partial charge in [0, 0.05) is 24.6 Å². The molecule has 2 nitrogen and oxygen atoms in total. The number of nitrogens with one attached hydrogen (secondary N) is 1. The van der Waals surface area contributed by atoms with Crippen LogP contribution in [0, 0.1) is 5.82 Å². The van der Waals surface area contributed by atoms with E-state index in [0.717, 1.165) is 12.0 Å². The summed E-state index contributed by atoms with van der Waals surface area (Å²) in [5.74, 6) is 0.126. The first-order valence-electron chi connectivity index (χ1n) is 6.97. The predicted octanol–water partition coefficient (Wildman–Crippen LogP) is 3.76. The number of thiophene rings is 1. The van der Waals surface area contributed by atoms with E-state index < -0.39 is 0 Å². The van der Waals surface area contributed by atoms with E-state index in [1.807, 2.05) is 11.4 Å². The summed E-state index contributed by atoms with van der Waals surface area (Å²) in [6.07, 6.45) is 3.26. The van der Waals surface area contributed by atoms with Crippen LogP contribution in [0.3, 0.4) is 0 Å². The number of para-hydroxylation sites is 1. The molecule has 1 aromatic heterocycles. The monoisotopic (exact) mass is 291 g/mol. The molecule has 0 spiro atoms. The molecule has 1 N–H and O–H groups in total. The molecule has 0 amide bonds. The first kappa shape index (κ1) is 13.6. The Morgan fingerprint density at radius 2 is 2.20 bits per heavy atom. The maximum atomic E-state index is 13.9. The van der Waals surface area contributed by atoms with Gasteiger partial charge in [0.05, 0.1) is 6.61 Å². The largest absolute Gasteiger partial charge is 0.490 e. The van der Waals surface area contributed by atoms with Crippen molar-refractivity contribution in [1.29, 1.82) is 0 Å². The normalized spacial score (nSPS) is 14.4. The van der Waals surface area contributed by atoms with Gasteiger partial charge in [-0.2, -0.15) is 11.3 Å². The van der Waals surface area contributed by atoms with Crippen molar-refractivity contribution in [3.05, 3.63) is 52.0 Å². The van der Waals surface area contributed by atoms with Crippen LogP contribution in [0.4, 0.5) is 4.39 Å². The third kappa shape index (κ3) is 3.58. The van der Waals surface area contributed by atoms with Crippen molar-refractivity contribution in [2.75, 3.05) is 6.61 Å². The standard InChI is InChI=1S/C16H18FNOS/c17-15-3-1-2-13(10-18-14-4-5-14)16(15)19-8-6-12-7-9-20-11-12/h1-3,7,9,11,14,18H,4-6,8,10H2. The lowest BCUT2D eigenvalue weighted by Crippen LogP contribution is -2.16. The van der Waals surface area contributed by atoms with Crippen molar-refractivity contribution in [1.82, 2.24) is 5.32 Å². The molecule has 0 atom stereocenters. The summed E-state index contributed by atoms with van der Waals surface area (Å²) in [6, 6.07) is 7.81. The summed E-state index contributed by atoms with van der Waals surface area (Å²) in [4.78, 5) is 0. The van der Waals surface area contributed by atoms with E-state index in [1.54, 1.807) is 17.4 Å². The van der Waals surface area contributed by atoms with Crippen LogP contribution < -0.4 is 10.1 Å². The lowest BCUT2D eigenvalue weighted by atomic mass is 10.2. The highest BCUT2D eigenvalue weighted by molar-refractivity contribution is 7.07. The number of rotatable bonds is 7. The van der Waals surface area contributed by atoms with E-state index in [0.29, 0.717) is 24.9 Å². The third-order valence-electron chi connectivity index (χ3n) is 3.42. The molecule has 0 bridgehead atoms. The molecule has 1 aliphatic carbocycles. The highest BCUT2D eigenvalue weighted by Crippen LogP contribution is 2.25. The molecule has 1 aliphatic rings. The molecule has 1 heterocycles. The van der Waals surface area contributed by atoms with Crippen LogP contribution >= 0.6 is 11.3 Å². The number of hydrogen-bond donors (Lipinski definition) is 1. The van der Waals surface area contributed by atoms with Gasteiger partial charge in [-0.15, -0.1) is 0 Å². The fraction of sp³-hybridized carbons (Fsp3) is 0.375. The first-order valence-corrected chi connectivity index (χ1v) is 7.92. The molecule has 1 fully saturated rings. The predicted molar refractivity (Wildman–Crippen MR) is 79.8 cm³/mol. The van der Waals surface area contributed by atoms with Crippen LogP contribution in [0.5, 0.6) is 5.75 Å². The van der Waals surface area contributed by atoms with Crippen LogP contribution in [0.15, 0.2) is 35.0 Å². The van der Waals surface area contributed by atoms with Gasteiger partial charge >= 0.3 is 0 Å². The molecule has 1 saturated carbocycles. The second-order valence-corrected chi connectivity index (χ2v) is 5.89. The molecule has 4 heteroatoms. The molecule has 3 rings (SSSR count). The highest BCUT2D eigenvalue weighted by Gasteiger charge is 2.21. The van der Waals surface area contributed by atoms with E-state index in [9.17, 15) is 4.39 Å². The highest BCUT2D eigenvalue weighted by atomic mass is 32.1. The van der Waals surface area contributed by atoms with Crippen molar-refractivity contribution in [3.63, 3.8) is 0 Å². The Morgan fingerprint density at radius 1 is 1.30 bits per heavy atom. The van der Waals surface area contributed by atoms with E-state index in [4.69, 9.17) is 4.74 Å². The Balaban J connectivity index is 1.60. The molecular weight excluding hydrogens is 273 g/mol. The molecule has 106 valence electrons. The van der Waals surface area contributed by atoms with Crippen LogP contribution in [0.2, 0.25) is 0 Å². The van der Waals surface area contributed by atoms with Crippen LogP contribution in [0.1, 0.15) is 24.0 Å². The van der Waals surface area contributed by atoms with Crippen molar-refractivity contribution in [3.8, 4) is 5.75 Å². The first-order chi connectivity index (χ1) is 9.83. The van der Waals surface area contributed by atoms with Gasteiger partial charge in [-0.25, -0.2) is 4.39 Å². The molecule has 0 aliphatic heterocycles. The Hall–Kier alpha value is -1.39. The molecule has 0 radical (unpaired) electrons. The van der Waals surface area contributed by atoms with E-state index in [1.165, 1.54) is 24.5 Å². The third-order valence-corrected chi connectivity index (χ3v) is 4.16. The maximum Gasteiger partial charge on any atom is 0.165 e. The quantitative estimate of drug-likeness (QED) is 0.838. The molecule has 2 aromatic rings. The minimum Gasteiger partial charge on any atom is -0.490 e. The summed E-state index contributed by atoms with van der Waals surface area (Å²) in [5, 5.41) is 7.54. The summed E-state index contributed by atoms with van der Waals surface area (Å²) in [6.45, 7) is 1.18. The molecular formula is C16H18FNOS. The minimum absolute atomic E-state index is 0.273. The summed E-state index contributed by atoms with van der Waals surface area (Å²) in [5.41, 5.74) is 2.14. The number of ether oxygens (including phenoxy) is 1.